The molecule has 1 rings (SSSR count). The minimum absolute atomic E-state index is 0.854. The highest BCUT2D eigenvalue weighted by Gasteiger charge is 1.95. The molecule has 3 heteroatoms. The lowest BCUT2D eigenvalue weighted by Crippen LogP contribution is -2.14. The number of pyridine rings is 1. The SMILES string of the molecule is CCCNCc1cc(NCC)ccn1. The molecule has 0 bridgehead atoms. The molecule has 78 valence electrons. The van der Waals surface area contributed by atoms with Crippen molar-refractivity contribution in [1.82, 2.24) is 10.3 Å². The Labute approximate surface area is 85.9 Å². The predicted octanol–water partition coefficient (Wildman–Crippen LogP) is 2.01. The van der Waals surface area contributed by atoms with Crippen LogP contribution < -0.4 is 10.6 Å². The molecule has 1 aromatic rings. The van der Waals surface area contributed by atoms with Gasteiger partial charge in [0.1, 0.15) is 0 Å². The molecule has 0 aliphatic heterocycles. The molecule has 0 radical (unpaired) electrons. The van der Waals surface area contributed by atoms with Gasteiger partial charge in [0.05, 0.1) is 5.69 Å². The molecular formula is C11H19N3. The van der Waals surface area contributed by atoms with Gasteiger partial charge in [-0.25, -0.2) is 0 Å². The Kier molecular flexibility index (Phi) is 5.00. The van der Waals surface area contributed by atoms with Crippen molar-refractivity contribution in [3.63, 3.8) is 0 Å². The summed E-state index contributed by atoms with van der Waals surface area (Å²) in [6.45, 7) is 7.11. The first kappa shape index (κ1) is 11.0. The summed E-state index contributed by atoms with van der Waals surface area (Å²) in [6.07, 6.45) is 3.01. The standard InChI is InChI=1S/C11H19N3/c1-3-6-12-9-11-8-10(13-4-2)5-7-14-11/h5,7-8,12H,3-4,6,9H2,1-2H3,(H,13,14). The van der Waals surface area contributed by atoms with Crippen LogP contribution in [0.3, 0.4) is 0 Å². The summed E-state index contributed by atoms with van der Waals surface area (Å²) in [5, 5.41) is 6.60. The minimum Gasteiger partial charge on any atom is -0.385 e. The molecule has 0 fully saturated rings. The van der Waals surface area contributed by atoms with Crippen molar-refractivity contribution in [3.8, 4) is 0 Å². The largest absolute Gasteiger partial charge is 0.385 e. The number of aromatic nitrogens is 1. The lowest BCUT2D eigenvalue weighted by Gasteiger charge is -2.06. The summed E-state index contributed by atoms with van der Waals surface area (Å²) in [6, 6.07) is 4.08. The Morgan fingerprint density at radius 3 is 2.93 bits per heavy atom. The maximum Gasteiger partial charge on any atom is 0.0562 e. The van der Waals surface area contributed by atoms with Gasteiger partial charge in [0.25, 0.3) is 0 Å². The maximum absolute atomic E-state index is 4.29. The van der Waals surface area contributed by atoms with Gasteiger partial charge in [-0.2, -0.15) is 0 Å². The maximum atomic E-state index is 4.29. The third-order valence-corrected chi connectivity index (χ3v) is 1.93. The molecule has 14 heavy (non-hydrogen) atoms. The Balaban J connectivity index is 2.46. The second kappa shape index (κ2) is 6.38. The van der Waals surface area contributed by atoms with Crippen molar-refractivity contribution in [2.45, 2.75) is 26.8 Å². The van der Waals surface area contributed by atoms with Crippen LogP contribution in [0.4, 0.5) is 5.69 Å². The average Bonchev–Trinajstić information content (AvgIpc) is 2.19. The average molecular weight is 193 g/mol. The molecule has 3 nitrogen and oxygen atoms in total. The van der Waals surface area contributed by atoms with E-state index >= 15 is 0 Å². The molecule has 0 amide bonds. The molecule has 0 aliphatic rings. The van der Waals surface area contributed by atoms with Gasteiger partial charge in [0.15, 0.2) is 0 Å². The quantitative estimate of drug-likeness (QED) is 0.679. The lowest BCUT2D eigenvalue weighted by atomic mass is 10.3. The van der Waals surface area contributed by atoms with Crippen LogP contribution in [-0.2, 0) is 6.54 Å². The number of rotatable bonds is 6. The van der Waals surface area contributed by atoms with E-state index in [1.807, 2.05) is 12.3 Å². The summed E-state index contributed by atoms with van der Waals surface area (Å²) in [7, 11) is 0. The van der Waals surface area contributed by atoms with Gasteiger partial charge in [-0.3, -0.25) is 4.98 Å². The number of nitrogens with one attached hydrogen (secondary N) is 2. The van der Waals surface area contributed by atoms with Gasteiger partial charge in [0, 0.05) is 25.0 Å². The fraction of sp³-hybridized carbons (Fsp3) is 0.545. The molecule has 0 unspecified atom stereocenters. The molecular weight excluding hydrogens is 174 g/mol. The summed E-state index contributed by atoms with van der Waals surface area (Å²) in [5.41, 5.74) is 2.24. The number of nitrogens with zero attached hydrogens (tertiary/aromatic N) is 1. The zero-order valence-electron chi connectivity index (χ0n) is 9.01. The molecule has 0 atom stereocenters. The monoisotopic (exact) mass is 193 g/mol. The van der Waals surface area contributed by atoms with E-state index in [2.05, 4.69) is 35.5 Å². The molecule has 2 N–H and O–H groups in total. The molecule has 0 saturated carbocycles. The third-order valence-electron chi connectivity index (χ3n) is 1.93. The van der Waals surface area contributed by atoms with Crippen LogP contribution in [0.25, 0.3) is 0 Å². The Morgan fingerprint density at radius 2 is 2.21 bits per heavy atom. The fourth-order valence-electron chi connectivity index (χ4n) is 1.28. The van der Waals surface area contributed by atoms with Gasteiger partial charge < -0.3 is 10.6 Å². The van der Waals surface area contributed by atoms with Gasteiger partial charge >= 0.3 is 0 Å². The smallest absolute Gasteiger partial charge is 0.0562 e. The van der Waals surface area contributed by atoms with Gasteiger partial charge in [-0.15, -0.1) is 0 Å². The number of anilines is 1. The summed E-state index contributed by atoms with van der Waals surface area (Å²) < 4.78 is 0. The van der Waals surface area contributed by atoms with Crippen LogP contribution in [0.2, 0.25) is 0 Å². The van der Waals surface area contributed by atoms with E-state index in [0.29, 0.717) is 0 Å². The second-order valence-corrected chi connectivity index (χ2v) is 3.24. The van der Waals surface area contributed by atoms with Crippen LogP contribution in [0.5, 0.6) is 0 Å². The van der Waals surface area contributed by atoms with E-state index in [4.69, 9.17) is 0 Å². The molecule has 0 spiro atoms. The summed E-state index contributed by atoms with van der Waals surface area (Å²) in [5.74, 6) is 0. The lowest BCUT2D eigenvalue weighted by molar-refractivity contribution is 0.664. The predicted molar refractivity (Wildman–Crippen MR) is 60.4 cm³/mol. The summed E-state index contributed by atoms with van der Waals surface area (Å²) >= 11 is 0. The first-order valence-corrected chi connectivity index (χ1v) is 5.26. The molecule has 0 aliphatic carbocycles. The minimum atomic E-state index is 0.854. The normalized spacial score (nSPS) is 10.1. The highest BCUT2D eigenvalue weighted by molar-refractivity contribution is 5.42. The van der Waals surface area contributed by atoms with Crippen molar-refractivity contribution in [1.29, 1.82) is 0 Å². The van der Waals surface area contributed by atoms with E-state index in [1.165, 1.54) is 0 Å². The highest BCUT2D eigenvalue weighted by atomic mass is 14.9. The molecule has 0 saturated heterocycles. The zero-order valence-corrected chi connectivity index (χ0v) is 9.01. The Hall–Kier alpha value is -1.09. The van der Waals surface area contributed by atoms with E-state index in [0.717, 1.165) is 37.4 Å². The van der Waals surface area contributed by atoms with Crippen LogP contribution in [0.15, 0.2) is 18.3 Å². The van der Waals surface area contributed by atoms with Crippen molar-refractivity contribution >= 4 is 5.69 Å². The highest BCUT2D eigenvalue weighted by Crippen LogP contribution is 2.06. The van der Waals surface area contributed by atoms with Crippen molar-refractivity contribution < 1.29 is 0 Å². The van der Waals surface area contributed by atoms with Crippen LogP contribution in [-0.4, -0.2) is 18.1 Å². The van der Waals surface area contributed by atoms with Crippen LogP contribution >= 0.6 is 0 Å². The van der Waals surface area contributed by atoms with E-state index < -0.39 is 0 Å². The number of hydrogen-bond acceptors (Lipinski definition) is 3. The zero-order chi connectivity index (χ0) is 10.2. The van der Waals surface area contributed by atoms with Crippen molar-refractivity contribution in [3.05, 3.63) is 24.0 Å². The molecule has 0 aromatic carbocycles. The van der Waals surface area contributed by atoms with Crippen LogP contribution in [0.1, 0.15) is 26.0 Å². The first-order chi connectivity index (χ1) is 6.86. The topological polar surface area (TPSA) is 37.0 Å². The fourth-order valence-corrected chi connectivity index (χ4v) is 1.28. The number of hydrogen-bond donors (Lipinski definition) is 2. The molecule has 1 heterocycles. The van der Waals surface area contributed by atoms with Gasteiger partial charge in [-0.1, -0.05) is 6.92 Å². The van der Waals surface area contributed by atoms with Crippen molar-refractivity contribution in [2.24, 2.45) is 0 Å². The van der Waals surface area contributed by atoms with E-state index in [9.17, 15) is 0 Å². The Morgan fingerprint density at radius 1 is 1.36 bits per heavy atom. The van der Waals surface area contributed by atoms with E-state index in [1.54, 1.807) is 0 Å². The first-order valence-electron chi connectivity index (χ1n) is 5.26. The third kappa shape index (κ3) is 3.75. The van der Waals surface area contributed by atoms with Crippen LogP contribution in [0, 0.1) is 0 Å². The second-order valence-electron chi connectivity index (χ2n) is 3.24. The van der Waals surface area contributed by atoms with Gasteiger partial charge in [0.2, 0.25) is 0 Å². The van der Waals surface area contributed by atoms with E-state index in [-0.39, 0.29) is 0 Å². The summed E-state index contributed by atoms with van der Waals surface area (Å²) in [4.78, 5) is 4.29. The Bertz CT molecular complexity index is 260. The van der Waals surface area contributed by atoms with Gasteiger partial charge in [-0.05, 0) is 32.0 Å². The van der Waals surface area contributed by atoms with Crippen molar-refractivity contribution in [2.75, 3.05) is 18.4 Å². The molecule has 1 aromatic heterocycles.